The third-order valence-corrected chi connectivity index (χ3v) is 8.88. The van der Waals surface area contributed by atoms with Crippen LogP contribution in [0.15, 0.2) is 0 Å². The van der Waals surface area contributed by atoms with E-state index < -0.39 is 49.4 Å². The first kappa shape index (κ1) is 57.8. The summed E-state index contributed by atoms with van der Waals surface area (Å²) in [6.45, 7) is 13.3. The molecule has 0 saturated heterocycles. The number of nitrogens with one attached hydrogen (secondary N) is 1. The monoisotopic (exact) mass is 727 g/mol. The van der Waals surface area contributed by atoms with E-state index in [0.29, 0.717) is 37.0 Å². The second-order valence-corrected chi connectivity index (χ2v) is 16.6. The molecule has 0 fully saturated rings. The molecule has 0 aliphatic rings. The lowest BCUT2D eigenvalue weighted by molar-refractivity contribution is -0.893. The molecule has 0 saturated carbocycles. The lowest BCUT2D eigenvalue weighted by Crippen LogP contribution is -2.49. The molecular weight excluding hydrogens is 654 g/mol. The maximum atomic E-state index is 11.9. The van der Waals surface area contributed by atoms with Crippen molar-refractivity contribution in [3.8, 4) is 0 Å². The molecule has 14 nitrogen and oxygen atoms in total. The Balaban J connectivity index is -0.000000165. The molecule has 2 atom stereocenters. The Morgan fingerprint density at radius 3 is 1.45 bits per heavy atom. The van der Waals surface area contributed by atoms with Crippen molar-refractivity contribution in [3.63, 3.8) is 0 Å². The Bertz CT molecular complexity index is 1080. The summed E-state index contributed by atoms with van der Waals surface area (Å²) in [6.07, 6.45) is -0.271. The van der Waals surface area contributed by atoms with Crippen molar-refractivity contribution in [2.45, 2.75) is 103 Å². The van der Waals surface area contributed by atoms with E-state index in [0.717, 1.165) is 6.42 Å². The molecule has 0 spiro atoms. The molecule has 0 aromatic heterocycles. The van der Waals surface area contributed by atoms with Crippen LogP contribution in [0.1, 0.15) is 90.5 Å². The van der Waals surface area contributed by atoms with E-state index in [4.69, 9.17) is 4.74 Å². The van der Waals surface area contributed by atoms with Crippen molar-refractivity contribution in [2.24, 2.45) is 10.8 Å². The van der Waals surface area contributed by atoms with Crippen LogP contribution < -0.4 is 5.32 Å². The van der Waals surface area contributed by atoms with Gasteiger partial charge in [-0.05, 0) is 26.7 Å². The Morgan fingerprint density at radius 1 is 0.745 bits per heavy atom. The van der Waals surface area contributed by atoms with Crippen LogP contribution in [0.3, 0.4) is 0 Å². The molecular formula is C31H73N3O11S2. The van der Waals surface area contributed by atoms with Gasteiger partial charge in [-0.15, -0.1) is 0 Å². The van der Waals surface area contributed by atoms with Gasteiger partial charge in [-0.25, -0.2) is 16.8 Å². The topological polar surface area (TPSA) is 210 Å². The van der Waals surface area contributed by atoms with E-state index in [1.54, 1.807) is 27.9 Å². The van der Waals surface area contributed by atoms with Gasteiger partial charge in [0.15, 0.2) is 0 Å². The number of quaternary nitrogens is 2. The van der Waals surface area contributed by atoms with Gasteiger partial charge >= 0.3 is 5.97 Å². The molecule has 0 aliphatic carbocycles. The summed E-state index contributed by atoms with van der Waals surface area (Å²) >= 11 is 0. The van der Waals surface area contributed by atoms with Crippen molar-refractivity contribution < 1.29 is 59.4 Å². The first-order valence-electron chi connectivity index (χ1n) is 14.4. The van der Waals surface area contributed by atoms with Gasteiger partial charge in [0.2, 0.25) is 5.91 Å². The average molecular weight is 728 g/mol. The van der Waals surface area contributed by atoms with Crippen LogP contribution in [0.4, 0.5) is 0 Å². The predicted octanol–water partition coefficient (Wildman–Crippen LogP) is 2.40. The zero-order valence-electron chi connectivity index (χ0n) is 27.7. The number of rotatable bonds is 19. The molecule has 3 N–H and O–H groups in total. The van der Waals surface area contributed by atoms with Gasteiger partial charge in [0, 0.05) is 18.4 Å². The maximum Gasteiger partial charge on any atom is 0.311 e. The largest absolute Gasteiger partial charge is 0.748 e. The Kier molecular flexibility index (Phi) is 29.4. The summed E-state index contributed by atoms with van der Waals surface area (Å²) in [4.78, 5) is 23.7. The molecule has 0 aromatic carbocycles. The van der Waals surface area contributed by atoms with Crippen LogP contribution in [0.5, 0.6) is 0 Å². The number of carbonyl (C=O) groups excluding carboxylic acids is 2. The highest BCUT2D eigenvalue weighted by Gasteiger charge is 2.29. The van der Waals surface area contributed by atoms with Gasteiger partial charge in [-0.2, -0.15) is 0 Å². The van der Waals surface area contributed by atoms with Crippen molar-refractivity contribution in [3.05, 3.63) is 0 Å². The molecule has 47 heavy (non-hydrogen) atoms. The van der Waals surface area contributed by atoms with Crippen molar-refractivity contribution >= 4 is 32.1 Å². The highest BCUT2D eigenvalue weighted by Crippen LogP contribution is 2.21. The zero-order chi connectivity index (χ0) is 34.5. The van der Waals surface area contributed by atoms with Crippen molar-refractivity contribution in [1.29, 1.82) is 0 Å². The molecule has 0 radical (unpaired) electrons. The molecule has 0 bridgehead atoms. The van der Waals surface area contributed by atoms with Gasteiger partial charge in [0.05, 0.1) is 71.9 Å². The van der Waals surface area contributed by atoms with Gasteiger partial charge < -0.3 is 38.3 Å². The number of nitrogens with zero attached hydrogens (tertiary/aromatic N) is 2. The van der Waals surface area contributed by atoms with Crippen LogP contribution in [0, 0.1) is 10.8 Å². The summed E-state index contributed by atoms with van der Waals surface area (Å²) in [5, 5.41) is 22.1. The van der Waals surface area contributed by atoms with Gasteiger partial charge in [-0.3, -0.25) is 9.59 Å². The van der Waals surface area contributed by atoms with Crippen LogP contribution in [0.2, 0.25) is 0 Å². The number of ether oxygens (including phenoxy) is 1. The van der Waals surface area contributed by atoms with E-state index >= 15 is 0 Å². The summed E-state index contributed by atoms with van der Waals surface area (Å²) in [5.74, 6) is -1.85. The smallest absolute Gasteiger partial charge is 0.311 e. The van der Waals surface area contributed by atoms with Crippen LogP contribution in [-0.2, 0) is 34.6 Å². The molecule has 0 heterocycles. The fraction of sp³-hybridized carbons (Fsp3) is 0.935. The van der Waals surface area contributed by atoms with Crippen molar-refractivity contribution in [2.75, 3.05) is 79.0 Å². The Morgan fingerprint density at radius 2 is 1.11 bits per heavy atom. The number of aliphatic hydroxyl groups is 2. The molecule has 2 unspecified atom stereocenters. The first-order valence-corrected chi connectivity index (χ1v) is 17.6. The number of hydrogen-bond donors (Lipinski definition) is 3. The fourth-order valence-corrected chi connectivity index (χ4v) is 4.89. The number of esters is 1. The molecule has 0 rings (SSSR count). The second kappa shape index (κ2) is 23.9. The summed E-state index contributed by atoms with van der Waals surface area (Å²) < 4.78 is 69.4. The molecule has 1 amide bonds. The van der Waals surface area contributed by atoms with E-state index in [1.165, 1.54) is 0 Å². The highest BCUT2D eigenvalue weighted by atomic mass is 32.2. The van der Waals surface area contributed by atoms with Crippen molar-refractivity contribution in [1.82, 2.24) is 5.32 Å². The van der Waals surface area contributed by atoms with E-state index in [1.807, 2.05) is 41.8 Å². The van der Waals surface area contributed by atoms with Crippen LogP contribution >= 0.6 is 0 Å². The van der Waals surface area contributed by atoms with E-state index in [9.17, 15) is 45.7 Å². The third kappa shape index (κ3) is 30.4. The minimum atomic E-state index is -4.45. The zero-order valence-corrected chi connectivity index (χ0v) is 29.3. The van der Waals surface area contributed by atoms with Gasteiger partial charge in [-0.1, -0.05) is 57.4 Å². The summed E-state index contributed by atoms with van der Waals surface area (Å²) in [5.41, 5.74) is -0.920. The number of aliphatic hydroxyl groups excluding tert-OH is 2. The minimum absolute atomic E-state index is 0. The SMILES string of the molecule is C.C.C.C.CCC(C)(C)C(=O)NCCC[N+](C)(C)CC(O)CS(=O)(=O)[O-].CCC(C)(C)C(=O)OCC[N+](C)(C)CC(O)CS(=O)(=O)[O-]. The number of hydrogen-bond acceptors (Lipinski definition) is 11. The summed E-state index contributed by atoms with van der Waals surface area (Å²) in [7, 11) is -1.65. The van der Waals surface area contributed by atoms with Crippen LogP contribution in [-0.4, -0.2) is 148 Å². The molecule has 0 aromatic rings. The van der Waals surface area contributed by atoms with Crippen LogP contribution in [0.25, 0.3) is 0 Å². The Hall–Kier alpha value is -1.40. The number of likely N-dealkylation sites (N-methyl/N-ethyl adjacent to an activating group) is 2. The average Bonchev–Trinajstić information content (AvgIpc) is 2.78. The molecule has 0 aliphatic heterocycles. The first-order chi connectivity index (χ1) is 19.1. The quantitative estimate of drug-likeness (QED) is 0.0761. The lowest BCUT2D eigenvalue weighted by atomic mass is 9.89. The second-order valence-electron chi connectivity index (χ2n) is 13.7. The Labute approximate surface area is 288 Å². The third-order valence-electron chi connectivity index (χ3n) is 7.29. The normalized spacial score (nSPS) is 13.5. The van der Waals surface area contributed by atoms with Gasteiger partial charge in [0.25, 0.3) is 0 Å². The maximum absolute atomic E-state index is 11.9. The number of carbonyl (C=O) groups is 2. The van der Waals surface area contributed by atoms with Gasteiger partial charge in [0.1, 0.15) is 38.4 Å². The standard InChI is InChI=1S/C14H30N2O5S.C13H27NO6S.4CH4/c1-6-14(2,3)13(18)15-8-7-9-16(4,5)10-12(17)11-22(19,20)21;1-6-13(2,3)12(16)20-8-7-14(4,5)9-11(15)10-21(17,18)19;;;;/h12,17H,6-11H2,1-5H3,(H-,15,18,19,20,21);11,15H,6-10H2,1-5H3;4*1H4. The minimum Gasteiger partial charge on any atom is -0.748 e. The fourth-order valence-electron chi connectivity index (χ4n) is 3.73. The number of amides is 1. The molecule has 16 heteroatoms. The lowest BCUT2D eigenvalue weighted by Gasteiger charge is -2.32. The summed E-state index contributed by atoms with van der Waals surface area (Å²) in [6, 6.07) is 0. The predicted molar refractivity (Wildman–Crippen MR) is 188 cm³/mol. The molecule has 290 valence electrons. The van der Waals surface area contributed by atoms with E-state index in [-0.39, 0.29) is 71.2 Å². The van der Waals surface area contributed by atoms with E-state index in [2.05, 4.69) is 5.32 Å². The highest BCUT2D eigenvalue weighted by molar-refractivity contribution is 7.85.